The van der Waals surface area contributed by atoms with Crippen molar-refractivity contribution < 1.29 is 9.84 Å². The fourth-order valence-electron chi connectivity index (χ4n) is 6.29. The molecule has 2 aromatic heterocycles. The molecule has 2 bridgehead atoms. The molecule has 3 fully saturated rings. The van der Waals surface area contributed by atoms with E-state index < -0.39 is 0 Å². The van der Waals surface area contributed by atoms with Crippen LogP contribution in [0.25, 0.3) is 11.3 Å². The molecule has 3 saturated heterocycles. The Morgan fingerprint density at radius 2 is 1.74 bits per heavy atom. The molecule has 3 aromatic rings. The molecule has 0 amide bonds. The molecule has 39 heavy (non-hydrogen) atoms. The Hall–Kier alpha value is -3.87. The molecule has 4 unspecified atom stereocenters. The largest absolute Gasteiger partial charge is 0.507 e. The van der Waals surface area contributed by atoms with Crippen molar-refractivity contribution in [3.05, 3.63) is 54.4 Å². The fourth-order valence-corrected chi connectivity index (χ4v) is 6.29. The van der Waals surface area contributed by atoms with Crippen LogP contribution in [0.1, 0.15) is 32.4 Å². The van der Waals surface area contributed by atoms with Gasteiger partial charge in [-0.3, -0.25) is 4.90 Å². The maximum Gasteiger partial charge on any atom is 0.169 e. The van der Waals surface area contributed by atoms with Crippen LogP contribution >= 0.6 is 0 Å². The van der Waals surface area contributed by atoms with Gasteiger partial charge >= 0.3 is 0 Å². The first-order valence-electron chi connectivity index (χ1n) is 13.7. The predicted octanol–water partition coefficient (Wildman–Crippen LogP) is 3.14. The van der Waals surface area contributed by atoms with Gasteiger partial charge in [-0.15, -0.1) is 10.2 Å². The molecular weight excluding hydrogens is 490 g/mol. The number of benzene rings is 1. The molecule has 6 rings (SSSR count). The third-order valence-electron chi connectivity index (χ3n) is 7.86. The second-order valence-electron chi connectivity index (χ2n) is 10.9. The third kappa shape index (κ3) is 5.35. The van der Waals surface area contributed by atoms with Gasteiger partial charge in [0.2, 0.25) is 0 Å². The lowest BCUT2D eigenvalue weighted by Gasteiger charge is -2.43. The van der Waals surface area contributed by atoms with Gasteiger partial charge in [-0.05, 0) is 62.9 Å². The van der Waals surface area contributed by atoms with Gasteiger partial charge in [-0.2, -0.15) is 0 Å². The number of pyridine rings is 1. The molecule has 1 aromatic carbocycles. The van der Waals surface area contributed by atoms with Crippen molar-refractivity contribution in [1.82, 2.24) is 20.1 Å². The Kier molecular flexibility index (Phi) is 6.98. The normalized spacial score (nSPS) is 24.9. The third-order valence-corrected chi connectivity index (χ3v) is 7.86. The van der Waals surface area contributed by atoms with E-state index >= 15 is 0 Å². The summed E-state index contributed by atoms with van der Waals surface area (Å²) >= 11 is 0. The van der Waals surface area contributed by atoms with E-state index in [9.17, 15) is 5.11 Å². The number of morpholine rings is 1. The average molecular weight is 526 g/mol. The van der Waals surface area contributed by atoms with Crippen molar-refractivity contribution >= 4 is 17.2 Å². The van der Waals surface area contributed by atoms with Crippen LogP contribution in [-0.4, -0.2) is 82.2 Å². The molecule has 0 radical (unpaired) electrons. The van der Waals surface area contributed by atoms with E-state index in [0.717, 1.165) is 56.9 Å². The van der Waals surface area contributed by atoms with Gasteiger partial charge in [0.15, 0.2) is 5.82 Å². The van der Waals surface area contributed by atoms with E-state index in [2.05, 4.69) is 67.7 Å². The van der Waals surface area contributed by atoms with Crippen molar-refractivity contribution in [3.8, 4) is 28.8 Å². The summed E-state index contributed by atoms with van der Waals surface area (Å²) < 4.78 is 5.83. The molecule has 9 heteroatoms. The summed E-state index contributed by atoms with van der Waals surface area (Å²) in [6.07, 6.45) is 4.57. The van der Waals surface area contributed by atoms with Crippen LogP contribution < -0.4 is 15.5 Å². The highest BCUT2D eigenvalue weighted by Gasteiger charge is 2.40. The Morgan fingerprint density at radius 1 is 1.00 bits per heavy atom. The molecule has 4 atom stereocenters. The SMILES string of the molecule is CC1CN(CC#Cc2cc(N3C4CCC3CN(c3cc(-c5ccccc5O)nnc3N)C4)ccn2)CC(C)O1. The van der Waals surface area contributed by atoms with Gasteiger partial charge in [0.05, 0.1) is 30.1 Å². The molecule has 3 aliphatic rings. The van der Waals surface area contributed by atoms with Crippen LogP contribution in [0.2, 0.25) is 0 Å². The maximum atomic E-state index is 10.3. The number of rotatable bonds is 4. The number of phenols is 1. The summed E-state index contributed by atoms with van der Waals surface area (Å²) in [6.45, 7) is 8.44. The zero-order valence-corrected chi connectivity index (χ0v) is 22.5. The number of nitrogens with two attached hydrogens (primary N) is 1. The molecular formula is C30H35N7O2. The maximum absolute atomic E-state index is 10.3. The molecule has 3 aliphatic heterocycles. The van der Waals surface area contributed by atoms with Gasteiger partial charge in [-0.25, -0.2) is 4.98 Å². The van der Waals surface area contributed by atoms with Crippen LogP contribution in [0.15, 0.2) is 48.7 Å². The van der Waals surface area contributed by atoms with Gasteiger partial charge in [0, 0.05) is 55.7 Å². The minimum atomic E-state index is 0.179. The number of aromatic nitrogens is 3. The minimum Gasteiger partial charge on any atom is -0.507 e. The number of nitrogen functional groups attached to an aromatic ring is 1. The summed E-state index contributed by atoms with van der Waals surface area (Å²) in [4.78, 5) is 11.7. The minimum absolute atomic E-state index is 0.179. The van der Waals surface area contributed by atoms with Crippen molar-refractivity contribution in [2.75, 3.05) is 48.3 Å². The van der Waals surface area contributed by atoms with Crippen LogP contribution in [0.5, 0.6) is 5.75 Å². The van der Waals surface area contributed by atoms with Crippen LogP contribution in [-0.2, 0) is 4.74 Å². The van der Waals surface area contributed by atoms with Crippen molar-refractivity contribution in [1.29, 1.82) is 0 Å². The second-order valence-corrected chi connectivity index (χ2v) is 10.9. The highest BCUT2D eigenvalue weighted by Crippen LogP contribution is 2.39. The quantitative estimate of drug-likeness (QED) is 0.497. The lowest BCUT2D eigenvalue weighted by atomic mass is 10.1. The zero-order chi connectivity index (χ0) is 26.9. The summed E-state index contributed by atoms with van der Waals surface area (Å²) in [5.41, 5.74) is 10.4. The smallest absolute Gasteiger partial charge is 0.169 e. The number of fused-ring (bicyclic) bond motifs is 2. The van der Waals surface area contributed by atoms with E-state index in [4.69, 9.17) is 10.5 Å². The molecule has 9 nitrogen and oxygen atoms in total. The summed E-state index contributed by atoms with van der Waals surface area (Å²) in [5.74, 6) is 7.20. The van der Waals surface area contributed by atoms with Crippen molar-refractivity contribution in [3.63, 3.8) is 0 Å². The number of anilines is 3. The van der Waals surface area contributed by atoms with Gasteiger partial charge < -0.3 is 25.4 Å². The number of para-hydroxylation sites is 1. The number of aromatic hydroxyl groups is 1. The average Bonchev–Trinajstić information content (AvgIpc) is 3.18. The van der Waals surface area contributed by atoms with E-state index in [-0.39, 0.29) is 18.0 Å². The second kappa shape index (κ2) is 10.7. The van der Waals surface area contributed by atoms with Crippen molar-refractivity contribution in [2.45, 2.75) is 51.0 Å². The summed E-state index contributed by atoms with van der Waals surface area (Å²) in [5, 5.41) is 18.8. The fraction of sp³-hybridized carbons (Fsp3) is 0.433. The molecule has 5 heterocycles. The monoisotopic (exact) mass is 525 g/mol. The first-order chi connectivity index (χ1) is 18.9. The van der Waals surface area contributed by atoms with E-state index in [1.165, 1.54) is 5.69 Å². The molecule has 0 spiro atoms. The molecule has 3 N–H and O–H groups in total. The topological polar surface area (TPSA) is 104 Å². The highest BCUT2D eigenvalue weighted by molar-refractivity contribution is 5.74. The Labute approximate surface area is 229 Å². The zero-order valence-electron chi connectivity index (χ0n) is 22.5. The lowest BCUT2D eigenvalue weighted by molar-refractivity contribution is -0.0640. The lowest BCUT2D eigenvalue weighted by Crippen LogP contribution is -2.54. The summed E-state index contributed by atoms with van der Waals surface area (Å²) in [7, 11) is 0. The Balaban J connectivity index is 1.17. The number of hydrogen-bond donors (Lipinski definition) is 2. The molecule has 0 aliphatic carbocycles. The number of hydrogen-bond acceptors (Lipinski definition) is 9. The highest BCUT2D eigenvalue weighted by atomic mass is 16.5. The first kappa shape index (κ1) is 25.4. The standard InChI is InChI=1S/C30H35N7O2/c1-20-16-35(17-21(2)39-20)13-5-6-22-14-23(11-12-32-22)37-24-9-10-25(37)19-36(18-24)28-15-27(33-34-30(28)31)26-7-3-4-8-29(26)38/h3-4,7-8,11-12,14-15,20-21,24-25,38H,9-10,13,16-19H2,1-2H3,(H2,31,34). The van der Waals surface area contributed by atoms with Crippen LogP contribution in [0, 0.1) is 11.8 Å². The van der Waals surface area contributed by atoms with Gasteiger partial charge in [0.1, 0.15) is 11.4 Å². The van der Waals surface area contributed by atoms with Gasteiger partial charge in [-0.1, -0.05) is 18.1 Å². The Morgan fingerprint density at radius 3 is 2.49 bits per heavy atom. The van der Waals surface area contributed by atoms with E-state index in [1.54, 1.807) is 12.1 Å². The number of phenolic OH excluding ortho intramolecular Hbond substituents is 1. The number of piperazine rings is 1. The van der Waals surface area contributed by atoms with Crippen LogP contribution in [0.3, 0.4) is 0 Å². The summed E-state index contributed by atoms with van der Waals surface area (Å²) in [6, 6.07) is 14.0. The molecule has 202 valence electrons. The number of nitrogens with zero attached hydrogens (tertiary/aromatic N) is 6. The van der Waals surface area contributed by atoms with Gasteiger partial charge in [0.25, 0.3) is 0 Å². The Bertz CT molecular complexity index is 1380. The number of ether oxygens (including phenoxy) is 1. The first-order valence-corrected chi connectivity index (χ1v) is 13.7. The van der Waals surface area contributed by atoms with E-state index in [0.29, 0.717) is 29.2 Å². The van der Waals surface area contributed by atoms with E-state index in [1.807, 2.05) is 24.4 Å². The van der Waals surface area contributed by atoms with Crippen LogP contribution in [0.4, 0.5) is 17.2 Å². The predicted molar refractivity (Wildman–Crippen MR) is 153 cm³/mol. The molecule has 0 saturated carbocycles. The van der Waals surface area contributed by atoms with Crippen molar-refractivity contribution in [2.24, 2.45) is 0 Å².